The highest BCUT2D eigenvalue weighted by atomic mass is 79.9. The molecule has 2 N–H and O–H groups in total. The molecule has 0 aliphatic rings. The lowest BCUT2D eigenvalue weighted by molar-refractivity contribution is 0.628. The first-order valence-electron chi connectivity index (χ1n) is 11.8. The molecule has 7 rings (SSSR count). The summed E-state index contributed by atoms with van der Waals surface area (Å²) in [6, 6.07) is 22.4. The molecule has 9 heteroatoms. The van der Waals surface area contributed by atoms with Gasteiger partial charge in [-0.3, -0.25) is 9.38 Å². The molecule has 0 unspecified atom stereocenters. The molecule has 4 heterocycles. The third-order valence-corrected chi connectivity index (χ3v) is 6.85. The Morgan fingerprint density at radius 2 is 1.61 bits per heavy atom. The second-order valence-corrected chi connectivity index (χ2v) is 9.81. The molecular weight excluding hydrogens is 550 g/mol. The van der Waals surface area contributed by atoms with Crippen molar-refractivity contribution >= 4 is 55.0 Å². The lowest BCUT2D eigenvalue weighted by Gasteiger charge is -2.10. The van der Waals surface area contributed by atoms with Crippen LogP contribution in [0.5, 0.6) is 0 Å². The zero-order chi connectivity index (χ0) is 25.8. The monoisotopic (exact) mass is 566 g/mol. The standard InChI is InChI=1S/C29H17BrF2N6/c30-19-2-8-23-17(12-19)11-18(14-33-23)27-29(34-22-6-3-20(31)4-7-22)38-15-16(1-10-26(38)37-27)28-35-24-9-5-21(32)13-25(24)36-28/h1-15,34H,(H,35,36). The van der Waals surface area contributed by atoms with Crippen molar-refractivity contribution in [2.45, 2.75) is 0 Å². The number of hydrogen-bond donors (Lipinski definition) is 2. The van der Waals surface area contributed by atoms with Crippen LogP contribution >= 0.6 is 15.9 Å². The quantitative estimate of drug-likeness (QED) is 0.227. The van der Waals surface area contributed by atoms with Gasteiger partial charge in [-0.05, 0) is 78.9 Å². The molecule has 0 radical (unpaired) electrons. The summed E-state index contributed by atoms with van der Waals surface area (Å²) in [6.45, 7) is 0. The summed E-state index contributed by atoms with van der Waals surface area (Å²) < 4.78 is 30.2. The molecule has 0 atom stereocenters. The number of aromatic amines is 1. The summed E-state index contributed by atoms with van der Waals surface area (Å²) in [6.07, 6.45) is 3.71. The SMILES string of the molecule is Fc1ccc(Nc2c(-c3cnc4ccc(Br)cc4c3)nc3ccc(-c4nc5ccc(F)cc5[nH]4)cn23)cc1. The minimum atomic E-state index is -0.329. The molecule has 0 amide bonds. The number of fused-ring (bicyclic) bond motifs is 3. The van der Waals surface area contributed by atoms with Crippen molar-refractivity contribution < 1.29 is 8.78 Å². The molecule has 0 aliphatic carbocycles. The largest absolute Gasteiger partial charge is 0.339 e. The highest BCUT2D eigenvalue weighted by Gasteiger charge is 2.17. The fourth-order valence-electron chi connectivity index (χ4n) is 4.53. The van der Waals surface area contributed by atoms with E-state index in [1.807, 2.05) is 47.0 Å². The van der Waals surface area contributed by atoms with Gasteiger partial charge < -0.3 is 10.3 Å². The smallest absolute Gasteiger partial charge is 0.143 e. The van der Waals surface area contributed by atoms with Crippen LogP contribution < -0.4 is 5.32 Å². The highest BCUT2D eigenvalue weighted by Crippen LogP contribution is 2.34. The van der Waals surface area contributed by atoms with Gasteiger partial charge in [0.15, 0.2) is 0 Å². The Labute approximate surface area is 223 Å². The van der Waals surface area contributed by atoms with Crippen molar-refractivity contribution in [3.05, 3.63) is 107 Å². The lowest BCUT2D eigenvalue weighted by Crippen LogP contribution is -1.98. The predicted octanol–water partition coefficient (Wildman–Crippen LogP) is 7.88. The van der Waals surface area contributed by atoms with Crippen LogP contribution in [0.2, 0.25) is 0 Å². The first-order valence-corrected chi connectivity index (χ1v) is 12.6. The first kappa shape index (κ1) is 22.6. The fourth-order valence-corrected chi connectivity index (χ4v) is 4.90. The Bertz CT molecular complexity index is 2000. The minimum absolute atomic E-state index is 0.318. The number of benzene rings is 3. The molecule has 0 saturated heterocycles. The molecule has 0 fully saturated rings. The maximum Gasteiger partial charge on any atom is 0.143 e. The summed E-state index contributed by atoms with van der Waals surface area (Å²) in [5, 5.41) is 4.38. The van der Waals surface area contributed by atoms with Crippen LogP contribution in [0, 0.1) is 11.6 Å². The Morgan fingerprint density at radius 3 is 2.47 bits per heavy atom. The van der Waals surface area contributed by atoms with E-state index in [1.54, 1.807) is 24.4 Å². The Kier molecular flexibility index (Phi) is 5.19. The van der Waals surface area contributed by atoms with Crippen LogP contribution in [0.15, 0.2) is 95.7 Å². The van der Waals surface area contributed by atoms with E-state index in [0.717, 1.165) is 26.5 Å². The van der Waals surface area contributed by atoms with E-state index in [4.69, 9.17) is 4.98 Å². The van der Waals surface area contributed by atoms with Gasteiger partial charge in [0, 0.05) is 39.1 Å². The molecule has 184 valence electrons. The molecule has 0 spiro atoms. The van der Waals surface area contributed by atoms with Crippen LogP contribution in [0.25, 0.3) is 50.2 Å². The van der Waals surface area contributed by atoms with Gasteiger partial charge in [0.05, 0.1) is 16.6 Å². The van der Waals surface area contributed by atoms with Crippen LogP contribution in [-0.2, 0) is 0 Å². The molecule has 3 aromatic carbocycles. The van der Waals surface area contributed by atoms with Crippen LogP contribution in [-0.4, -0.2) is 24.3 Å². The van der Waals surface area contributed by atoms with Crippen LogP contribution in [0.4, 0.5) is 20.3 Å². The number of rotatable bonds is 4. The normalized spacial score (nSPS) is 11.6. The summed E-state index contributed by atoms with van der Waals surface area (Å²) in [7, 11) is 0. The van der Waals surface area contributed by atoms with Crippen LogP contribution in [0.3, 0.4) is 0 Å². The van der Waals surface area contributed by atoms with Crippen molar-refractivity contribution in [3.63, 3.8) is 0 Å². The third kappa shape index (κ3) is 3.97. The van der Waals surface area contributed by atoms with E-state index in [9.17, 15) is 8.78 Å². The number of imidazole rings is 2. The number of hydrogen-bond acceptors (Lipinski definition) is 4. The molecular formula is C29H17BrF2N6. The summed E-state index contributed by atoms with van der Waals surface area (Å²) in [4.78, 5) is 17.4. The van der Waals surface area contributed by atoms with E-state index < -0.39 is 0 Å². The predicted molar refractivity (Wildman–Crippen MR) is 148 cm³/mol. The van der Waals surface area contributed by atoms with Crippen molar-refractivity contribution in [2.24, 2.45) is 0 Å². The first-order chi connectivity index (χ1) is 18.5. The van der Waals surface area contributed by atoms with Gasteiger partial charge in [-0.25, -0.2) is 18.7 Å². The number of aromatic nitrogens is 5. The number of nitrogens with zero attached hydrogens (tertiary/aromatic N) is 4. The van der Waals surface area contributed by atoms with Gasteiger partial charge in [0.25, 0.3) is 0 Å². The van der Waals surface area contributed by atoms with Gasteiger partial charge >= 0.3 is 0 Å². The molecule has 38 heavy (non-hydrogen) atoms. The van der Waals surface area contributed by atoms with Gasteiger partial charge in [0.2, 0.25) is 0 Å². The fraction of sp³-hybridized carbons (Fsp3) is 0. The average Bonchev–Trinajstić information content (AvgIpc) is 3.50. The maximum atomic E-state index is 13.7. The van der Waals surface area contributed by atoms with E-state index in [1.165, 1.54) is 24.3 Å². The molecule has 6 nitrogen and oxygen atoms in total. The summed E-state index contributed by atoms with van der Waals surface area (Å²) >= 11 is 3.53. The summed E-state index contributed by atoms with van der Waals surface area (Å²) in [5.41, 5.74) is 5.87. The zero-order valence-corrected chi connectivity index (χ0v) is 21.2. The molecule has 7 aromatic rings. The van der Waals surface area contributed by atoms with Gasteiger partial charge in [0.1, 0.15) is 34.6 Å². The van der Waals surface area contributed by atoms with Gasteiger partial charge in [-0.1, -0.05) is 15.9 Å². The van der Waals surface area contributed by atoms with E-state index >= 15 is 0 Å². The number of halogens is 3. The van der Waals surface area contributed by atoms with Crippen LogP contribution in [0.1, 0.15) is 0 Å². The second-order valence-electron chi connectivity index (χ2n) is 8.89. The minimum Gasteiger partial charge on any atom is -0.339 e. The topological polar surface area (TPSA) is 70.9 Å². The van der Waals surface area contributed by atoms with E-state index in [-0.39, 0.29) is 11.6 Å². The summed E-state index contributed by atoms with van der Waals surface area (Å²) in [5.74, 6) is 0.644. The second kappa shape index (κ2) is 8.74. The van der Waals surface area contributed by atoms with Crippen molar-refractivity contribution in [1.29, 1.82) is 0 Å². The Morgan fingerprint density at radius 1 is 0.789 bits per heavy atom. The van der Waals surface area contributed by atoms with E-state index in [2.05, 4.69) is 36.2 Å². The van der Waals surface area contributed by atoms with Crippen molar-refractivity contribution in [2.75, 3.05) is 5.32 Å². The van der Waals surface area contributed by atoms with Crippen molar-refractivity contribution in [1.82, 2.24) is 24.3 Å². The Balaban J connectivity index is 1.41. The number of H-pyrrole nitrogens is 1. The number of anilines is 2. The number of nitrogens with one attached hydrogen (secondary N) is 2. The van der Waals surface area contributed by atoms with Gasteiger partial charge in [-0.2, -0.15) is 0 Å². The lowest BCUT2D eigenvalue weighted by atomic mass is 10.1. The zero-order valence-electron chi connectivity index (χ0n) is 19.6. The average molecular weight is 567 g/mol. The highest BCUT2D eigenvalue weighted by molar-refractivity contribution is 9.10. The van der Waals surface area contributed by atoms with Gasteiger partial charge in [-0.15, -0.1) is 0 Å². The van der Waals surface area contributed by atoms with E-state index in [0.29, 0.717) is 39.7 Å². The molecule has 0 aliphatic heterocycles. The molecule has 4 aromatic heterocycles. The maximum absolute atomic E-state index is 13.7. The van der Waals surface area contributed by atoms with Crippen molar-refractivity contribution in [3.8, 4) is 22.6 Å². The third-order valence-electron chi connectivity index (χ3n) is 6.36. The molecule has 0 saturated carbocycles. The Hall–Kier alpha value is -4.63. The number of pyridine rings is 2. The molecule has 0 bridgehead atoms.